The van der Waals surface area contributed by atoms with Crippen LogP contribution < -0.4 is 14.4 Å². The minimum Gasteiger partial charge on any atom is -0.493 e. The minimum absolute atomic E-state index is 0.0322. The van der Waals surface area contributed by atoms with Crippen LogP contribution in [0.5, 0.6) is 11.5 Å². The third kappa shape index (κ3) is 4.56. The molecule has 1 aliphatic carbocycles. The number of rotatable bonds is 6. The molecule has 3 aromatic rings. The number of benzene rings is 2. The molecule has 178 valence electrons. The van der Waals surface area contributed by atoms with E-state index in [0.717, 1.165) is 28.8 Å². The Bertz CT molecular complexity index is 1300. The zero-order valence-corrected chi connectivity index (χ0v) is 20.0. The van der Waals surface area contributed by atoms with Gasteiger partial charge in [-0.1, -0.05) is 35.9 Å². The van der Waals surface area contributed by atoms with Gasteiger partial charge >= 0.3 is 0 Å². The Morgan fingerprint density at radius 3 is 2.69 bits per heavy atom. The highest BCUT2D eigenvalue weighted by Crippen LogP contribution is 2.44. The molecule has 0 N–H and O–H groups in total. The van der Waals surface area contributed by atoms with E-state index in [1.165, 1.54) is 5.56 Å². The van der Waals surface area contributed by atoms with Crippen molar-refractivity contribution in [1.29, 1.82) is 0 Å². The molecule has 2 aromatic carbocycles. The van der Waals surface area contributed by atoms with Gasteiger partial charge in [0.25, 0.3) is 0 Å². The zero-order valence-electron chi connectivity index (χ0n) is 20.0. The molecule has 35 heavy (non-hydrogen) atoms. The van der Waals surface area contributed by atoms with Crippen molar-refractivity contribution in [3.8, 4) is 11.5 Å². The molecule has 1 unspecified atom stereocenters. The van der Waals surface area contributed by atoms with Gasteiger partial charge in [-0.25, -0.2) is 0 Å². The lowest BCUT2D eigenvalue weighted by Crippen LogP contribution is -2.40. The van der Waals surface area contributed by atoms with Gasteiger partial charge in [-0.05, 0) is 55.2 Å². The molecule has 0 radical (unpaired) electrons. The molecule has 0 bridgehead atoms. The number of pyridine rings is 1. The molecule has 1 aromatic heterocycles. The molecule has 6 nitrogen and oxygen atoms in total. The lowest BCUT2D eigenvalue weighted by Gasteiger charge is -2.38. The number of ether oxygens (including phenoxy) is 2. The average molecular weight is 469 g/mol. The third-order valence-electron chi connectivity index (χ3n) is 6.65. The van der Waals surface area contributed by atoms with Crippen LogP contribution in [0.1, 0.15) is 48.3 Å². The number of Topliss-reactive ketones (excluding diaryl/α,β-unsaturated/α-hetero) is 1. The van der Waals surface area contributed by atoms with Crippen LogP contribution in [0.15, 0.2) is 78.3 Å². The zero-order chi connectivity index (χ0) is 24.4. The van der Waals surface area contributed by atoms with E-state index in [-0.39, 0.29) is 24.0 Å². The first-order chi connectivity index (χ1) is 17.0. The summed E-state index contributed by atoms with van der Waals surface area (Å²) in [6.45, 7) is 2.47. The molecule has 0 saturated heterocycles. The molecular formula is C29H28N2O4. The monoisotopic (exact) mass is 468 g/mol. The molecule has 2 heterocycles. The van der Waals surface area contributed by atoms with Gasteiger partial charge in [0.15, 0.2) is 17.3 Å². The van der Waals surface area contributed by atoms with Crippen molar-refractivity contribution in [2.24, 2.45) is 0 Å². The summed E-state index contributed by atoms with van der Waals surface area (Å²) in [4.78, 5) is 32.3. The lowest BCUT2D eigenvalue weighted by molar-refractivity contribution is -0.119. The normalized spacial score (nSPS) is 17.9. The number of hydrogen-bond acceptors (Lipinski definition) is 5. The Kier molecular flexibility index (Phi) is 6.36. The standard InChI is InChI=1S/C29H28N2O4/c1-19-6-3-7-20(14-19)18-35-26-12-11-21(15-27(26)34-2)23-16-28(33)31(22-8-5-13-30-17-22)24-9-4-10-25(32)29(23)24/h3,5-8,11-15,17,23H,4,9-10,16,18H2,1-2H3. The summed E-state index contributed by atoms with van der Waals surface area (Å²) < 4.78 is 11.7. The summed E-state index contributed by atoms with van der Waals surface area (Å²) in [5, 5.41) is 0. The quantitative estimate of drug-likeness (QED) is 0.477. The van der Waals surface area contributed by atoms with E-state index in [4.69, 9.17) is 9.47 Å². The number of anilines is 1. The second kappa shape index (κ2) is 9.74. The molecule has 0 fully saturated rings. The third-order valence-corrected chi connectivity index (χ3v) is 6.65. The lowest BCUT2D eigenvalue weighted by atomic mass is 9.77. The van der Waals surface area contributed by atoms with Crippen LogP contribution >= 0.6 is 0 Å². The fourth-order valence-electron chi connectivity index (χ4n) is 5.05. The van der Waals surface area contributed by atoms with Crippen molar-refractivity contribution in [3.05, 3.63) is 95.0 Å². The van der Waals surface area contributed by atoms with Crippen molar-refractivity contribution >= 4 is 17.4 Å². The summed E-state index contributed by atoms with van der Waals surface area (Å²) in [6.07, 6.45) is 5.49. The van der Waals surface area contributed by atoms with Crippen LogP contribution in [0, 0.1) is 6.92 Å². The van der Waals surface area contributed by atoms with Crippen molar-refractivity contribution in [1.82, 2.24) is 4.98 Å². The summed E-state index contributed by atoms with van der Waals surface area (Å²) in [5.41, 5.74) is 5.37. The Hall–Kier alpha value is -3.93. The molecule has 5 rings (SSSR count). The first-order valence-electron chi connectivity index (χ1n) is 11.9. The number of allylic oxidation sites excluding steroid dienone is 2. The van der Waals surface area contributed by atoms with E-state index in [1.54, 1.807) is 30.5 Å². The Balaban J connectivity index is 1.48. The Morgan fingerprint density at radius 2 is 1.91 bits per heavy atom. The largest absolute Gasteiger partial charge is 0.493 e. The van der Waals surface area contributed by atoms with Crippen molar-refractivity contribution in [2.45, 2.75) is 45.1 Å². The first-order valence-corrected chi connectivity index (χ1v) is 11.9. The van der Waals surface area contributed by atoms with E-state index in [1.807, 2.05) is 36.4 Å². The first kappa shape index (κ1) is 22.8. The van der Waals surface area contributed by atoms with Crippen LogP contribution in [-0.4, -0.2) is 23.8 Å². The number of amides is 1. The summed E-state index contributed by atoms with van der Waals surface area (Å²) in [5.74, 6) is 0.980. The molecular weight excluding hydrogens is 440 g/mol. The van der Waals surface area contributed by atoms with Crippen LogP contribution in [0.4, 0.5) is 5.69 Å². The summed E-state index contributed by atoms with van der Waals surface area (Å²) >= 11 is 0. The van der Waals surface area contributed by atoms with Gasteiger partial charge in [-0.15, -0.1) is 0 Å². The van der Waals surface area contributed by atoms with Gasteiger partial charge in [0, 0.05) is 36.2 Å². The van der Waals surface area contributed by atoms with E-state index in [9.17, 15) is 9.59 Å². The van der Waals surface area contributed by atoms with E-state index in [2.05, 4.69) is 24.0 Å². The average Bonchev–Trinajstić information content (AvgIpc) is 2.87. The van der Waals surface area contributed by atoms with Crippen LogP contribution in [0.2, 0.25) is 0 Å². The molecule has 0 saturated carbocycles. The summed E-state index contributed by atoms with van der Waals surface area (Å²) in [7, 11) is 1.60. The second-order valence-electron chi connectivity index (χ2n) is 9.02. The maximum atomic E-state index is 13.3. The fourth-order valence-corrected chi connectivity index (χ4v) is 5.05. The van der Waals surface area contributed by atoms with Crippen molar-refractivity contribution < 1.29 is 19.1 Å². The van der Waals surface area contributed by atoms with E-state index < -0.39 is 0 Å². The Morgan fingerprint density at radius 1 is 1.03 bits per heavy atom. The molecule has 1 aliphatic heterocycles. The number of aromatic nitrogens is 1. The van der Waals surface area contributed by atoms with Gasteiger partial charge in [0.2, 0.25) is 5.91 Å². The Labute approximate surface area is 205 Å². The maximum absolute atomic E-state index is 13.3. The molecule has 1 amide bonds. The van der Waals surface area contributed by atoms with Gasteiger partial charge in [-0.3, -0.25) is 19.5 Å². The molecule has 1 atom stereocenters. The highest BCUT2D eigenvalue weighted by atomic mass is 16.5. The minimum atomic E-state index is -0.307. The van der Waals surface area contributed by atoms with Crippen molar-refractivity contribution in [3.63, 3.8) is 0 Å². The molecule has 0 spiro atoms. The predicted octanol–water partition coefficient (Wildman–Crippen LogP) is 5.51. The molecule has 2 aliphatic rings. The number of nitrogens with zero attached hydrogens (tertiary/aromatic N) is 2. The number of aryl methyl sites for hydroxylation is 1. The van der Waals surface area contributed by atoms with Crippen LogP contribution in [-0.2, 0) is 16.2 Å². The second-order valence-corrected chi connectivity index (χ2v) is 9.02. The highest BCUT2D eigenvalue weighted by Gasteiger charge is 2.40. The highest BCUT2D eigenvalue weighted by molar-refractivity contribution is 6.07. The van der Waals surface area contributed by atoms with Gasteiger partial charge in [0.05, 0.1) is 19.0 Å². The van der Waals surface area contributed by atoms with E-state index in [0.29, 0.717) is 36.6 Å². The van der Waals surface area contributed by atoms with Gasteiger partial charge in [0.1, 0.15) is 6.61 Å². The van der Waals surface area contributed by atoms with Crippen LogP contribution in [0.25, 0.3) is 0 Å². The topological polar surface area (TPSA) is 68.7 Å². The van der Waals surface area contributed by atoms with Crippen LogP contribution in [0.3, 0.4) is 0 Å². The number of carbonyl (C=O) groups excluding carboxylic acids is 2. The van der Waals surface area contributed by atoms with Gasteiger partial charge in [-0.2, -0.15) is 0 Å². The number of ketones is 1. The van der Waals surface area contributed by atoms with E-state index >= 15 is 0 Å². The van der Waals surface area contributed by atoms with Gasteiger partial charge < -0.3 is 9.47 Å². The number of methoxy groups -OCH3 is 1. The smallest absolute Gasteiger partial charge is 0.232 e. The summed E-state index contributed by atoms with van der Waals surface area (Å²) in [6, 6.07) is 17.6. The van der Waals surface area contributed by atoms with Crippen molar-refractivity contribution in [2.75, 3.05) is 12.0 Å². The number of carbonyl (C=O) groups is 2. The maximum Gasteiger partial charge on any atom is 0.232 e. The fraction of sp³-hybridized carbons (Fsp3) is 0.276. The SMILES string of the molecule is COc1cc(C2CC(=O)N(c3cccnc3)C3=C2C(=O)CCC3)ccc1OCc1cccc(C)c1. The predicted molar refractivity (Wildman–Crippen MR) is 133 cm³/mol. The number of hydrogen-bond donors (Lipinski definition) is 0. The molecule has 6 heteroatoms.